The van der Waals surface area contributed by atoms with Crippen LogP contribution in [-0.4, -0.2) is 23.6 Å². The van der Waals surface area contributed by atoms with E-state index in [-0.39, 0.29) is 6.17 Å². The van der Waals surface area contributed by atoms with E-state index in [9.17, 15) is 0 Å². The van der Waals surface area contributed by atoms with Crippen LogP contribution in [0.15, 0.2) is 198 Å². The zero-order valence-electron chi connectivity index (χ0n) is 28.3. The maximum absolute atomic E-state index is 5.29. The van der Waals surface area contributed by atoms with Crippen molar-refractivity contribution in [2.24, 2.45) is 9.98 Å². The van der Waals surface area contributed by atoms with Crippen molar-refractivity contribution in [3.63, 3.8) is 0 Å². The molecular formula is C48H35N3. The molecule has 0 N–H and O–H groups in total. The predicted molar refractivity (Wildman–Crippen MR) is 214 cm³/mol. The highest BCUT2D eigenvalue weighted by atomic mass is 15.3. The van der Waals surface area contributed by atoms with Crippen molar-refractivity contribution < 1.29 is 0 Å². The number of rotatable bonds is 6. The monoisotopic (exact) mass is 653 g/mol. The van der Waals surface area contributed by atoms with E-state index in [1.165, 1.54) is 54.9 Å². The Morgan fingerprint density at radius 2 is 0.882 bits per heavy atom. The van der Waals surface area contributed by atoms with Crippen LogP contribution in [0.5, 0.6) is 0 Å². The minimum atomic E-state index is -0.252. The minimum absolute atomic E-state index is 0.252. The minimum Gasteiger partial charge on any atom is -0.333 e. The second-order valence-corrected chi connectivity index (χ2v) is 13.1. The Morgan fingerprint density at radius 1 is 0.412 bits per heavy atom. The first-order valence-electron chi connectivity index (χ1n) is 17.4. The summed E-state index contributed by atoms with van der Waals surface area (Å²) in [7, 11) is 2.10. The van der Waals surface area contributed by atoms with Crippen LogP contribution in [-0.2, 0) is 0 Å². The molecule has 0 bridgehead atoms. The zero-order chi connectivity index (χ0) is 34.1. The molecule has 0 spiro atoms. The molecule has 51 heavy (non-hydrogen) atoms. The quantitative estimate of drug-likeness (QED) is 0.164. The van der Waals surface area contributed by atoms with E-state index in [4.69, 9.17) is 9.98 Å². The van der Waals surface area contributed by atoms with Gasteiger partial charge in [0.05, 0.1) is 0 Å². The lowest BCUT2D eigenvalue weighted by atomic mass is 9.93. The maximum Gasteiger partial charge on any atom is 0.159 e. The lowest BCUT2D eigenvalue weighted by molar-refractivity contribution is 0.383. The Bertz CT molecular complexity index is 2550. The summed E-state index contributed by atoms with van der Waals surface area (Å²) in [6, 6.07) is 66.8. The van der Waals surface area contributed by atoms with Gasteiger partial charge in [0.2, 0.25) is 0 Å². The van der Waals surface area contributed by atoms with Crippen molar-refractivity contribution in [2.45, 2.75) is 6.17 Å². The maximum atomic E-state index is 5.29. The van der Waals surface area contributed by atoms with Crippen molar-refractivity contribution >= 4 is 33.2 Å². The molecule has 242 valence electrons. The second-order valence-electron chi connectivity index (χ2n) is 13.1. The Labute approximate surface area is 298 Å². The lowest BCUT2D eigenvalue weighted by Crippen LogP contribution is -2.35. The van der Waals surface area contributed by atoms with Gasteiger partial charge in [-0.15, -0.1) is 0 Å². The van der Waals surface area contributed by atoms with E-state index in [0.29, 0.717) is 0 Å². The standard InChI is InChI=1S/C48H35N3/c1-51-47(39-28-22-36(23-29-39)34-14-6-3-7-15-34)49-46(38-26-20-35(21-27-38)33-12-4-2-5-13-33)50-48(51)40-30-24-37(25-31-40)45-32-41-16-8-9-17-42(41)43-18-10-11-19-44(43)45/h2-32,48H,1H3. The normalized spacial score (nSPS) is 14.4. The third-order valence-corrected chi connectivity index (χ3v) is 9.95. The summed E-state index contributed by atoms with van der Waals surface area (Å²) in [5.74, 6) is 1.62. The molecule has 0 aromatic heterocycles. The van der Waals surface area contributed by atoms with Gasteiger partial charge in [-0.3, -0.25) is 0 Å². The van der Waals surface area contributed by atoms with Gasteiger partial charge in [0.1, 0.15) is 12.0 Å². The van der Waals surface area contributed by atoms with Gasteiger partial charge in [0.15, 0.2) is 5.84 Å². The van der Waals surface area contributed by atoms with Crippen LogP contribution < -0.4 is 0 Å². The van der Waals surface area contributed by atoms with E-state index in [0.717, 1.165) is 28.4 Å². The van der Waals surface area contributed by atoms with E-state index < -0.39 is 0 Å². The van der Waals surface area contributed by atoms with Gasteiger partial charge in [-0.2, -0.15) is 0 Å². The van der Waals surface area contributed by atoms with Crippen LogP contribution >= 0.6 is 0 Å². The number of aliphatic imine (C=N–C) groups is 2. The third kappa shape index (κ3) is 5.79. The highest BCUT2D eigenvalue weighted by Gasteiger charge is 2.27. The van der Waals surface area contributed by atoms with Gasteiger partial charge in [-0.05, 0) is 66.6 Å². The molecule has 8 aromatic carbocycles. The topological polar surface area (TPSA) is 28.0 Å². The summed E-state index contributed by atoms with van der Waals surface area (Å²) in [4.78, 5) is 12.7. The molecule has 0 radical (unpaired) electrons. The molecule has 3 nitrogen and oxygen atoms in total. The highest BCUT2D eigenvalue weighted by Crippen LogP contribution is 2.36. The molecule has 0 fully saturated rings. The van der Waals surface area contributed by atoms with Crippen LogP contribution in [0, 0.1) is 0 Å². The molecule has 1 heterocycles. The van der Waals surface area contributed by atoms with Crippen molar-refractivity contribution in [3.8, 4) is 33.4 Å². The number of nitrogens with zero attached hydrogens (tertiary/aromatic N) is 3. The Hall–Kier alpha value is -6.58. The number of hydrogen-bond acceptors (Lipinski definition) is 3. The Kier molecular flexibility index (Phi) is 7.79. The Morgan fingerprint density at radius 3 is 1.51 bits per heavy atom. The fourth-order valence-corrected chi connectivity index (χ4v) is 7.24. The third-order valence-electron chi connectivity index (χ3n) is 9.95. The molecule has 1 aliphatic heterocycles. The fraction of sp³-hybridized carbons (Fsp3) is 0.0417. The average molecular weight is 654 g/mol. The molecule has 1 atom stereocenters. The van der Waals surface area contributed by atoms with Gasteiger partial charge >= 0.3 is 0 Å². The zero-order valence-corrected chi connectivity index (χ0v) is 28.3. The highest BCUT2D eigenvalue weighted by molar-refractivity contribution is 6.14. The summed E-state index contributed by atoms with van der Waals surface area (Å²) in [5.41, 5.74) is 10.3. The molecule has 3 heteroatoms. The summed E-state index contributed by atoms with van der Waals surface area (Å²) >= 11 is 0. The SMILES string of the molecule is CN1C(c2ccc(-c3ccccc3)cc2)=NC(c2ccc(-c3ccccc3)cc2)=NC1c1ccc(-c2cc3ccccc3c3ccccc23)cc1. The molecule has 0 aliphatic carbocycles. The molecule has 8 aromatic rings. The van der Waals surface area contributed by atoms with E-state index >= 15 is 0 Å². The van der Waals surface area contributed by atoms with Crippen molar-refractivity contribution in [3.05, 3.63) is 205 Å². The number of fused-ring (bicyclic) bond motifs is 3. The average Bonchev–Trinajstić information content (AvgIpc) is 3.21. The van der Waals surface area contributed by atoms with Crippen LogP contribution in [0.25, 0.3) is 54.9 Å². The van der Waals surface area contributed by atoms with Crippen LogP contribution in [0.2, 0.25) is 0 Å². The van der Waals surface area contributed by atoms with Crippen LogP contribution in [0.4, 0.5) is 0 Å². The first kappa shape index (κ1) is 30.5. The summed E-state index contributed by atoms with van der Waals surface area (Å²) in [5, 5.41) is 5.05. The molecule has 9 rings (SSSR count). The van der Waals surface area contributed by atoms with Gasteiger partial charge < -0.3 is 4.90 Å². The van der Waals surface area contributed by atoms with Gasteiger partial charge in [0.25, 0.3) is 0 Å². The van der Waals surface area contributed by atoms with E-state index in [1.54, 1.807) is 0 Å². The fourth-order valence-electron chi connectivity index (χ4n) is 7.24. The predicted octanol–water partition coefficient (Wildman–Crippen LogP) is 11.8. The number of amidine groups is 2. The number of hydrogen-bond donors (Lipinski definition) is 0. The first-order chi connectivity index (χ1) is 25.2. The lowest BCUT2D eigenvalue weighted by Gasteiger charge is -2.32. The summed E-state index contributed by atoms with van der Waals surface area (Å²) in [6.45, 7) is 0. The molecule has 0 saturated carbocycles. The van der Waals surface area contributed by atoms with Crippen LogP contribution in [0.3, 0.4) is 0 Å². The summed E-state index contributed by atoms with van der Waals surface area (Å²) in [6.07, 6.45) is -0.252. The molecule has 1 unspecified atom stereocenters. The first-order valence-corrected chi connectivity index (χ1v) is 17.4. The summed E-state index contributed by atoms with van der Waals surface area (Å²) < 4.78 is 0. The van der Waals surface area contributed by atoms with Crippen molar-refractivity contribution in [1.29, 1.82) is 0 Å². The Balaban J connectivity index is 1.11. The molecular weight excluding hydrogens is 619 g/mol. The second kappa shape index (κ2) is 13.0. The number of benzene rings is 8. The van der Waals surface area contributed by atoms with Crippen molar-refractivity contribution in [2.75, 3.05) is 7.05 Å². The van der Waals surface area contributed by atoms with Gasteiger partial charge in [-0.1, -0.05) is 182 Å². The van der Waals surface area contributed by atoms with Gasteiger partial charge in [-0.25, -0.2) is 9.98 Å². The molecule has 0 amide bonds. The molecule has 1 aliphatic rings. The van der Waals surface area contributed by atoms with Crippen molar-refractivity contribution in [1.82, 2.24) is 4.90 Å². The largest absolute Gasteiger partial charge is 0.333 e. The molecule has 0 saturated heterocycles. The van der Waals surface area contributed by atoms with Crippen LogP contribution in [0.1, 0.15) is 22.9 Å². The van der Waals surface area contributed by atoms with E-state index in [2.05, 4.69) is 188 Å². The van der Waals surface area contributed by atoms with Gasteiger partial charge in [0, 0.05) is 18.2 Å². The van der Waals surface area contributed by atoms with E-state index in [1.807, 2.05) is 12.1 Å². The smallest absolute Gasteiger partial charge is 0.159 e.